The average Bonchev–Trinajstić information content (AvgIpc) is 3.46. The molecule has 1 N–H and O–H groups in total. The fourth-order valence-electron chi connectivity index (χ4n) is 3.57. The lowest BCUT2D eigenvalue weighted by atomic mass is 10.2. The SMILES string of the molecule is COc1ccn2c(C(=O)N3CCC(Nc4ccc5nccn5n4)C3)cnc2c1. The largest absolute Gasteiger partial charge is 0.497 e. The van der Waals surface area contributed by atoms with E-state index in [0.29, 0.717) is 30.2 Å². The number of nitrogens with zero attached hydrogens (tertiary/aromatic N) is 6. The van der Waals surface area contributed by atoms with Crippen LogP contribution in [0.3, 0.4) is 0 Å². The number of methoxy groups -OCH3 is 1. The van der Waals surface area contributed by atoms with Gasteiger partial charge in [0.1, 0.15) is 22.9 Å². The zero-order chi connectivity index (χ0) is 19.1. The summed E-state index contributed by atoms with van der Waals surface area (Å²) in [5, 5.41) is 7.90. The van der Waals surface area contributed by atoms with E-state index < -0.39 is 0 Å². The molecule has 4 aromatic rings. The second kappa shape index (κ2) is 6.52. The Kier molecular flexibility index (Phi) is 3.85. The van der Waals surface area contributed by atoms with E-state index in [1.54, 1.807) is 28.4 Å². The Balaban J connectivity index is 1.30. The number of pyridine rings is 1. The maximum atomic E-state index is 13.0. The Hall–Kier alpha value is -3.62. The van der Waals surface area contributed by atoms with E-state index in [0.717, 1.165) is 17.9 Å². The van der Waals surface area contributed by atoms with Crippen LogP contribution in [0, 0.1) is 0 Å². The van der Waals surface area contributed by atoms with Gasteiger partial charge in [-0.05, 0) is 24.6 Å². The van der Waals surface area contributed by atoms with Crippen molar-refractivity contribution in [1.29, 1.82) is 0 Å². The number of ether oxygens (including phenoxy) is 1. The third-order valence-corrected chi connectivity index (χ3v) is 5.02. The smallest absolute Gasteiger partial charge is 0.272 e. The molecule has 9 nitrogen and oxygen atoms in total. The van der Waals surface area contributed by atoms with Crippen molar-refractivity contribution in [2.45, 2.75) is 12.5 Å². The number of carbonyl (C=O) groups excluding carboxylic acids is 1. The van der Waals surface area contributed by atoms with Crippen LogP contribution in [-0.2, 0) is 0 Å². The highest BCUT2D eigenvalue weighted by atomic mass is 16.5. The zero-order valence-electron chi connectivity index (χ0n) is 15.3. The van der Waals surface area contributed by atoms with Gasteiger partial charge in [0.15, 0.2) is 5.65 Å². The van der Waals surface area contributed by atoms with Crippen molar-refractivity contribution in [3.05, 3.63) is 54.7 Å². The lowest BCUT2D eigenvalue weighted by Crippen LogP contribution is -2.32. The molecule has 1 fully saturated rings. The van der Waals surface area contributed by atoms with Crippen LogP contribution < -0.4 is 10.1 Å². The number of fused-ring (bicyclic) bond motifs is 2. The molecule has 1 aliphatic rings. The van der Waals surface area contributed by atoms with Gasteiger partial charge in [0.25, 0.3) is 5.91 Å². The first-order valence-electron chi connectivity index (χ1n) is 9.08. The molecule has 142 valence electrons. The molecule has 28 heavy (non-hydrogen) atoms. The van der Waals surface area contributed by atoms with Gasteiger partial charge >= 0.3 is 0 Å². The molecule has 0 radical (unpaired) electrons. The third kappa shape index (κ3) is 2.81. The number of imidazole rings is 2. The minimum Gasteiger partial charge on any atom is -0.497 e. The number of hydrogen-bond acceptors (Lipinski definition) is 6. The average molecular weight is 377 g/mol. The molecular weight excluding hydrogens is 358 g/mol. The van der Waals surface area contributed by atoms with Gasteiger partial charge in [0.05, 0.1) is 13.3 Å². The standard InChI is InChI=1S/C19H19N7O2/c1-28-14-5-8-25-15(11-21-18(25)10-14)19(27)24-7-4-13(12-24)22-16-2-3-17-20-6-9-26(17)23-16/h2-3,5-6,8-11,13H,4,7,12H2,1H3,(H,22,23). The molecule has 0 spiro atoms. The highest BCUT2D eigenvalue weighted by Gasteiger charge is 2.28. The van der Waals surface area contributed by atoms with Crippen LogP contribution in [0.4, 0.5) is 5.82 Å². The number of amides is 1. The van der Waals surface area contributed by atoms with Crippen molar-refractivity contribution in [3.63, 3.8) is 0 Å². The fraction of sp³-hybridized carbons (Fsp3) is 0.263. The van der Waals surface area contributed by atoms with Gasteiger partial charge in [-0.3, -0.25) is 9.20 Å². The Labute approximate surface area is 160 Å². The maximum Gasteiger partial charge on any atom is 0.272 e. The molecule has 0 bridgehead atoms. The van der Waals surface area contributed by atoms with Gasteiger partial charge in [0, 0.05) is 43.8 Å². The fourth-order valence-corrected chi connectivity index (χ4v) is 3.57. The Morgan fingerprint density at radius 3 is 3.04 bits per heavy atom. The summed E-state index contributed by atoms with van der Waals surface area (Å²) < 4.78 is 8.74. The van der Waals surface area contributed by atoms with Gasteiger partial charge in [-0.2, -0.15) is 0 Å². The first kappa shape index (κ1) is 16.5. The summed E-state index contributed by atoms with van der Waals surface area (Å²) in [5.41, 5.74) is 2.05. The van der Waals surface area contributed by atoms with Crippen LogP contribution in [0.1, 0.15) is 16.9 Å². The first-order chi connectivity index (χ1) is 13.7. The molecule has 1 unspecified atom stereocenters. The summed E-state index contributed by atoms with van der Waals surface area (Å²) in [6.45, 7) is 1.30. The van der Waals surface area contributed by atoms with E-state index in [1.807, 2.05) is 41.6 Å². The zero-order valence-corrected chi connectivity index (χ0v) is 15.3. The molecule has 1 saturated heterocycles. The van der Waals surface area contributed by atoms with Crippen molar-refractivity contribution in [2.24, 2.45) is 0 Å². The molecule has 5 heterocycles. The summed E-state index contributed by atoms with van der Waals surface area (Å²) in [4.78, 5) is 23.4. The van der Waals surface area contributed by atoms with Crippen LogP contribution in [0.25, 0.3) is 11.3 Å². The van der Waals surface area contributed by atoms with Crippen molar-refractivity contribution in [2.75, 3.05) is 25.5 Å². The molecular formula is C19H19N7O2. The summed E-state index contributed by atoms with van der Waals surface area (Å²) in [5.74, 6) is 1.46. The minimum atomic E-state index is -0.0278. The minimum absolute atomic E-state index is 0.0278. The number of likely N-dealkylation sites (tertiary alicyclic amines) is 1. The summed E-state index contributed by atoms with van der Waals surface area (Å²) in [6, 6.07) is 7.60. The topological polar surface area (TPSA) is 89.1 Å². The summed E-state index contributed by atoms with van der Waals surface area (Å²) in [7, 11) is 1.61. The lowest BCUT2D eigenvalue weighted by Gasteiger charge is -2.17. The molecule has 4 aromatic heterocycles. The molecule has 0 aliphatic carbocycles. The van der Waals surface area contributed by atoms with E-state index >= 15 is 0 Å². The van der Waals surface area contributed by atoms with Gasteiger partial charge in [0.2, 0.25) is 0 Å². The van der Waals surface area contributed by atoms with Crippen molar-refractivity contribution in [3.8, 4) is 5.75 Å². The van der Waals surface area contributed by atoms with Crippen LogP contribution in [-0.4, -0.2) is 61.0 Å². The number of carbonyl (C=O) groups is 1. The number of aromatic nitrogens is 5. The van der Waals surface area contributed by atoms with Gasteiger partial charge in [-0.15, -0.1) is 5.10 Å². The third-order valence-electron chi connectivity index (χ3n) is 5.02. The van der Waals surface area contributed by atoms with Gasteiger partial charge in [-0.1, -0.05) is 0 Å². The van der Waals surface area contributed by atoms with E-state index in [1.165, 1.54) is 0 Å². The second-order valence-electron chi connectivity index (χ2n) is 6.77. The number of anilines is 1. The second-order valence-corrected chi connectivity index (χ2v) is 6.77. The number of rotatable bonds is 4. The van der Waals surface area contributed by atoms with Crippen molar-refractivity contribution in [1.82, 2.24) is 28.9 Å². The van der Waals surface area contributed by atoms with Crippen LogP contribution >= 0.6 is 0 Å². The van der Waals surface area contributed by atoms with E-state index in [2.05, 4.69) is 20.4 Å². The quantitative estimate of drug-likeness (QED) is 0.582. The summed E-state index contributed by atoms with van der Waals surface area (Å²) >= 11 is 0. The van der Waals surface area contributed by atoms with E-state index in [9.17, 15) is 4.79 Å². The van der Waals surface area contributed by atoms with Crippen molar-refractivity contribution < 1.29 is 9.53 Å². The van der Waals surface area contributed by atoms with Crippen molar-refractivity contribution >= 4 is 23.0 Å². The molecule has 1 aliphatic heterocycles. The first-order valence-corrected chi connectivity index (χ1v) is 9.08. The molecule has 5 rings (SSSR count). The molecule has 1 amide bonds. The number of nitrogens with one attached hydrogen (secondary N) is 1. The predicted molar refractivity (Wildman–Crippen MR) is 103 cm³/mol. The Morgan fingerprint density at radius 2 is 2.14 bits per heavy atom. The number of hydrogen-bond donors (Lipinski definition) is 1. The molecule has 1 atom stereocenters. The van der Waals surface area contributed by atoms with Gasteiger partial charge in [-0.25, -0.2) is 14.5 Å². The lowest BCUT2D eigenvalue weighted by molar-refractivity contribution is 0.0784. The maximum absolute atomic E-state index is 13.0. The van der Waals surface area contributed by atoms with Gasteiger partial charge < -0.3 is 15.0 Å². The van der Waals surface area contributed by atoms with Crippen LogP contribution in [0.5, 0.6) is 5.75 Å². The van der Waals surface area contributed by atoms with E-state index in [4.69, 9.17) is 4.74 Å². The Bertz CT molecular complexity index is 1170. The predicted octanol–water partition coefficient (Wildman–Crippen LogP) is 1.71. The molecule has 0 saturated carbocycles. The van der Waals surface area contributed by atoms with Crippen LogP contribution in [0.2, 0.25) is 0 Å². The van der Waals surface area contributed by atoms with Crippen LogP contribution in [0.15, 0.2) is 49.1 Å². The molecule has 9 heteroatoms. The highest BCUT2D eigenvalue weighted by molar-refractivity contribution is 5.93. The van der Waals surface area contributed by atoms with E-state index in [-0.39, 0.29) is 11.9 Å². The normalized spacial score (nSPS) is 16.8. The monoisotopic (exact) mass is 377 g/mol. The highest BCUT2D eigenvalue weighted by Crippen LogP contribution is 2.20. The summed E-state index contributed by atoms with van der Waals surface area (Å²) in [6.07, 6.45) is 7.81. The Morgan fingerprint density at radius 1 is 1.21 bits per heavy atom. The molecule has 0 aromatic carbocycles.